The van der Waals surface area contributed by atoms with Crippen LogP contribution >= 0.6 is 11.3 Å². The van der Waals surface area contributed by atoms with E-state index in [2.05, 4.69) is 21.3 Å². The van der Waals surface area contributed by atoms with E-state index in [1.165, 1.54) is 30.2 Å². The third-order valence-corrected chi connectivity index (χ3v) is 15.5. The molecule has 0 unspecified atom stereocenters. The summed E-state index contributed by atoms with van der Waals surface area (Å²) in [5, 5.41) is 0.434. The van der Waals surface area contributed by atoms with Crippen molar-refractivity contribution in [3.05, 3.63) is 82.3 Å². The molecule has 1 aliphatic heterocycles. The van der Waals surface area contributed by atoms with Gasteiger partial charge in [-0.25, -0.2) is 23.2 Å². The summed E-state index contributed by atoms with van der Waals surface area (Å²) in [5.74, 6) is -3.54. The van der Waals surface area contributed by atoms with Crippen LogP contribution in [0.1, 0.15) is 85.7 Å². The summed E-state index contributed by atoms with van der Waals surface area (Å²) in [7, 11) is -2.67. The van der Waals surface area contributed by atoms with E-state index < -0.39 is 85.4 Å². The Morgan fingerprint density at radius 3 is 2.38 bits per heavy atom. The van der Waals surface area contributed by atoms with Gasteiger partial charge in [-0.3, -0.25) is 19.1 Å². The Morgan fingerprint density at radius 1 is 1.06 bits per heavy atom. The van der Waals surface area contributed by atoms with Crippen LogP contribution in [-0.4, -0.2) is 82.9 Å². The molecule has 8 rings (SSSR count). The Hall–Kier alpha value is -5.69. The molecule has 0 bridgehead atoms. The normalized spacial score (nSPS) is 21.6. The minimum atomic E-state index is -4.57. The highest BCUT2D eigenvalue weighted by atomic mass is 32.2. The lowest BCUT2D eigenvalue weighted by Crippen LogP contribution is -2.48. The number of likely N-dealkylation sites (tertiary alicyclic amines) is 1. The molecule has 2 amide bonds. The quantitative estimate of drug-likeness (QED) is 0.0792. The van der Waals surface area contributed by atoms with Gasteiger partial charge in [-0.1, -0.05) is 58.0 Å². The van der Waals surface area contributed by atoms with Gasteiger partial charge in [0, 0.05) is 36.1 Å². The van der Waals surface area contributed by atoms with Crippen LogP contribution in [0, 0.1) is 22.7 Å². The first-order valence-electron chi connectivity index (χ1n) is 21.3. The molecule has 5 aromatic rings. The number of para-hydroxylation sites is 1. The lowest BCUT2D eigenvalue weighted by atomic mass is 9.77. The van der Waals surface area contributed by atoms with Crippen molar-refractivity contribution in [1.29, 1.82) is 0 Å². The van der Waals surface area contributed by atoms with Gasteiger partial charge < -0.3 is 18.8 Å². The number of carbonyl (C=O) groups excluding carboxylic acids is 4. The number of amides is 2. The number of carbonyl (C=O) groups is 4. The third kappa shape index (κ3) is 9.00. The van der Waals surface area contributed by atoms with Gasteiger partial charge in [0.2, 0.25) is 27.4 Å². The fraction of sp³-hybridized carbons (Fsp3) is 0.457. The number of sulfonamides is 1. The third-order valence-electron chi connectivity index (χ3n) is 12.6. The second-order valence-corrected chi connectivity index (χ2v) is 21.1. The number of furan rings is 1. The first-order valence-corrected chi connectivity index (χ1v) is 23.7. The van der Waals surface area contributed by atoms with Gasteiger partial charge in [0.05, 0.1) is 46.6 Å². The minimum absolute atomic E-state index is 0.0404. The molecular weight excluding hydrogens is 888 g/mol. The van der Waals surface area contributed by atoms with Gasteiger partial charge in [-0.15, -0.1) is 17.9 Å². The number of halogens is 3. The van der Waals surface area contributed by atoms with Crippen molar-refractivity contribution < 1.29 is 54.7 Å². The van der Waals surface area contributed by atoms with Crippen LogP contribution in [0.15, 0.2) is 65.6 Å². The zero-order valence-corrected chi connectivity index (χ0v) is 38.0. The highest BCUT2D eigenvalue weighted by Crippen LogP contribution is 2.57. The molecule has 1 N–H and O–H groups in total. The molecule has 2 aromatic carbocycles. The maximum atomic E-state index is 15.1. The second kappa shape index (κ2) is 16.9. The molecule has 14 nitrogen and oxygen atoms in total. The first-order chi connectivity index (χ1) is 30.7. The number of nitrogens with one attached hydrogen (secondary N) is 1. The average molecular weight is 936 g/mol. The average Bonchev–Trinajstić information content (AvgIpc) is 4.11. The smallest absolute Gasteiger partial charge is 0.416 e. The monoisotopic (exact) mass is 935 g/mol. The topological polar surface area (TPSA) is 188 Å². The number of hydrogen-bond acceptors (Lipinski definition) is 13. The molecule has 2 saturated carbocycles. The standard InChI is InChI=1S/C46H48F3N5O9S2/c1-7-25-21-45(25,43(58)53-65(59,60)28-17-18-28)22-33(55)32-19-27(23-54(32)41(56)30(44(3,4)5)20-35-50-31(8-2)38(64-35)42(57)61-6)62-40-37-36(29-11-9-10-12-34(29)63-37)51-39(52-40)24-13-15-26(16-14-24)46(47,48)49/h7,9-16,25,27-28,30,32H,1,8,17-23H2,2-6H3,(H,53,58)/t25-,27-,30-,32+,45-/m1/s1. The predicted molar refractivity (Wildman–Crippen MR) is 234 cm³/mol. The predicted octanol–water partition coefficient (Wildman–Crippen LogP) is 7.88. The van der Waals surface area contributed by atoms with E-state index >= 15 is 4.79 Å². The summed E-state index contributed by atoms with van der Waals surface area (Å²) in [6.45, 7) is 11.2. The molecule has 3 aromatic heterocycles. The first kappa shape index (κ1) is 45.9. The molecule has 2 aliphatic carbocycles. The molecule has 19 heteroatoms. The van der Waals surface area contributed by atoms with E-state index in [-0.39, 0.29) is 55.1 Å². The second-order valence-electron chi connectivity index (χ2n) is 18.1. The number of Topliss-reactive ketones (excluding diaryl/α,β-unsaturated/α-hetero) is 1. The molecule has 3 fully saturated rings. The van der Waals surface area contributed by atoms with Crippen LogP contribution in [0.25, 0.3) is 33.5 Å². The van der Waals surface area contributed by atoms with Crippen LogP contribution in [0.4, 0.5) is 13.2 Å². The van der Waals surface area contributed by atoms with E-state index in [0.717, 1.165) is 23.5 Å². The molecule has 344 valence electrons. The number of aryl methyl sites for hydroxylation is 1. The Morgan fingerprint density at radius 2 is 1.77 bits per heavy atom. The van der Waals surface area contributed by atoms with Crippen LogP contribution in [-0.2, 0) is 48.2 Å². The molecule has 1 saturated heterocycles. The number of aromatic nitrogens is 3. The lowest BCUT2D eigenvalue weighted by Gasteiger charge is -2.35. The van der Waals surface area contributed by atoms with Crippen molar-refractivity contribution in [3.63, 3.8) is 0 Å². The van der Waals surface area contributed by atoms with Crippen LogP contribution in [0.2, 0.25) is 0 Å². The Kier molecular flexibility index (Phi) is 12.0. The van der Waals surface area contributed by atoms with Crippen molar-refractivity contribution in [2.75, 3.05) is 13.7 Å². The number of methoxy groups -OCH3 is 1. The van der Waals surface area contributed by atoms with Crippen LogP contribution in [0.5, 0.6) is 5.88 Å². The van der Waals surface area contributed by atoms with Gasteiger partial charge >= 0.3 is 12.1 Å². The van der Waals surface area contributed by atoms with Gasteiger partial charge in [-0.2, -0.15) is 18.2 Å². The van der Waals surface area contributed by atoms with E-state index in [9.17, 15) is 36.0 Å². The number of rotatable bonds is 15. The fourth-order valence-corrected chi connectivity index (χ4v) is 11.1. The largest absolute Gasteiger partial charge is 0.470 e. The SMILES string of the molecule is C=C[C@@H]1C[C@]1(CC(=O)[C@@H]1C[C@@H](Oc2nc(-c3ccc(C(F)(F)F)cc3)nc3c2oc2ccccc23)CN1C(=O)[C@@H](Cc1nc(CC)c(C(=O)OC)s1)C(C)(C)C)C(=O)NS(=O)(=O)C1CC1. The summed E-state index contributed by atoms with van der Waals surface area (Å²) in [6, 6.07) is 10.2. The number of thiazole rings is 1. The Labute approximate surface area is 377 Å². The molecule has 0 radical (unpaired) electrons. The lowest BCUT2D eigenvalue weighted by molar-refractivity contribution is -0.144. The fourth-order valence-electron chi connectivity index (χ4n) is 8.60. The molecule has 65 heavy (non-hydrogen) atoms. The maximum Gasteiger partial charge on any atom is 0.416 e. The number of ketones is 1. The minimum Gasteiger partial charge on any atom is -0.470 e. The Balaban J connectivity index is 1.16. The zero-order chi connectivity index (χ0) is 46.8. The summed E-state index contributed by atoms with van der Waals surface area (Å²) in [5.41, 5.74) is -1.27. The van der Waals surface area contributed by atoms with Gasteiger partial charge in [0.15, 0.2) is 11.6 Å². The molecule has 0 spiro atoms. The summed E-state index contributed by atoms with van der Waals surface area (Å²) in [4.78, 5) is 72.1. The molecule has 4 heterocycles. The van der Waals surface area contributed by atoms with Gasteiger partial charge in [0.25, 0.3) is 5.88 Å². The number of hydrogen-bond donors (Lipinski definition) is 1. The number of allylic oxidation sites excluding steroid dienone is 1. The van der Waals surface area contributed by atoms with E-state index in [4.69, 9.17) is 18.9 Å². The van der Waals surface area contributed by atoms with E-state index in [1.54, 1.807) is 24.3 Å². The number of fused-ring (bicyclic) bond motifs is 3. The number of esters is 1. The number of benzene rings is 2. The maximum absolute atomic E-state index is 15.1. The van der Waals surface area contributed by atoms with Crippen molar-refractivity contribution in [2.45, 2.75) is 96.2 Å². The van der Waals surface area contributed by atoms with Crippen molar-refractivity contribution >= 4 is 67.0 Å². The number of alkyl halides is 3. The van der Waals surface area contributed by atoms with E-state index in [0.29, 0.717) is 51.3 Å². The molecule has 3 aliphatic rings. The van der Waals surface area contributed by atoms with E-state index in [1.807, 2.05) is 27.7 Å². The summed E-state index contributed by atoms with van der Waals surface area (Å²) >= 11 is 1.14. The highest BCUT2D eigenvalue weighted by molar-refractivity contribution is 7.90. The zero-order valence-electron chi connectivity index (χ0n) is 36.4. The van der Waals surface area contributed by atoms with Crippen molar-refractivity contribution in [2.24, 2.45) is 22.7 Å². The van der Waals surface area contributed by atoms with Crippen LogP contribution in [0.3, 0.4) is 0 Å². The van der Waals surface area contributed by atoms with Crippen LogP contribution < -0.4 is 9.46 Å². The van der Waals surface area contributed by atoms with Crippen molar-refractivity contribution in [3.8, 4) is 17.3 Å². The van der Waals surface area contributed by atoms with Gasteiger partial charge in [-0.05, 0) is 61.3 Å². The van der Waals surface area contributed by atoms with Crippen molar-refractivity contribution in [1.82, 2.24) is 24.6 Å². The molecule has 5 atom stereocenters. The Bertz CT molecular complexity index is 2830. The number of ether oxygens (including phenoxy) is 2. The highest BCUT2D eigenvalue weighted by Gasteiger charge is 2.61. The summed E-state index contributed by atoms with van der Waals surface area (Å²) in [6.07, 6.45) is -2.80. The summed E-state index contributed by atoms with van der Waals surface area (Å²) < 4.78 is 86.3. The van der Waals surface area contributed by atoms with Gasteiger partial charge in [0.1, 0.15) is 22.1 Å². The molecular formula is C46H48F3N5O9S2. The number of nitrogens with zero attached hydrogens (tertiary/aromatic N) is 4.